The van der Waals surface area contributed by atoms with Crippen LogP contribution in [0.1, 0.15) is 4.88 Å². The maximum Gasteiger partial charge on any atom is 0.0568 e. The third-order valence-electron chi connectivity index (χ3n) is 1.96. The molecule has 0 aliphatic carbocycles. The van der Waals surface area contributed by atoms with Crippen molar-refractivity contribution in [2.75, 3.05) is 6.26 Å². The molecule has 1 heterocycles. The predicted molar refractivity (Wildman–Crippen MR) is 70.9 cm³/mol. The first kappa shape index (κ1) is 10.8. The van der Waals surface area contributed by atoms with E-state index in [9.17, 15) is 0 Å². The number of thiophene rings is 1. The summed E-state index contributed by atoms with van der Waals surface area (Å²) in [6.45, 7) is 0. The van der Waals surface area contributed by atoms with E-state index in [1.807, 2.05) is 0 Å². The number of alkyl halides is 1. The van der Waals surface area contributed by atoms with Gasteiger partial charge < -0.3 is 0 Å². The normalized spacial score (nSPS) is 11.1. The average molecular weight is 308 g/mol. The molecule has 2 aromatic rings. The third-order valence-corrected chi connectivity index (χ3v) is 5.19. The molecule has 0 saturated heterocycles. The zero-order valence-electron chi connectivity index (χ0n) is 7.51. The molecule has 0 radical (unpaired) electrons. The van der Waals surface area contributed by atoms with E-state index in [-0.39, 0.29) is 0 Å². The fourth-order valence-corrected chi connectivity index (χ4v) is 3.81. The predicted octanol–water partition coefficient (Wildman–Crippen LogP) is 5.12. The van der Waals surface area contributed by atoms with Crippen molar-refractivity contribution in [3.63, 3.8) is 0 Å². The van der Waals surface area contributed by atoms with Crippen LogP contribution in [0.3, 0.4) is 0 Å². The summed E-state index contributed by atoms with van der Waals surface area (Å²) in [5, 5.41) is 1.28. The second-order valence-corrected chi connectivity index (χ2v) is 6.01. The maximum absolute atomic E-state index is 5.81. The van der Waals surface area contributed by atoms with Crippen LogP contribution in [0, 0.1) is 0 Å². The van der Waals surface area contributed by atoms with Gasteiger partial charge in [0.05, 0.1) is 5.88 Å². The van der Waals surface area contributed by atoms with Crippen molar-refractivity contribution in [2.24, 2.45) is 0 Å². The Morgan fingerprint density at radius 3 is 2.86 bits per heavy atom. The van der Waals surface area contributed by atoms with Crippen molar-refractivity contribution in [2.45, 2.75) is 10.8 Å². The molecular formula is C10H8BrClS2. The second kappa shape index (κ2) is 4.44. The van der Waals surface area contributed by atoms with Gasteiger partial charge in [-0.1, -0.05) is 0 Å². The SMILES string of the molecule is CSc1cc(Br)c2sc(CCl)cc2c1. The number of rotatable bonds is 2. The summed E-state index contributed by atoms with van der Waals surface area (Å²) in [5.74, 6) is 0.598. The smallest absolute Gasteiger partial charge is 0.0568 e. The summed E-state index contributed by atoms with van der Waals surface area (Å²) in [7, 11) is 0. The molecule has 0 nitrogen and oxygen atoms in total. The van der Waals surface area contributed by atoms with E-state index in [2.05, 4.69) is 40.4 Å². The minimum absolute atomic E-state index is 0.598. The van der Waals surface area contributed by atoms with Crippen LogP contribution in [0.4, 0.5) is 0 Å². The highest BCUT2D eigenvalue weighted by atomic mass is 79.9. The summed E-state index contributed by atoms with van der Waals surface area (Å²) in [6.07, 6.45) is 2.09. The molecular weight excluding hydrogens is 300 g/mol. The van der Waals surface area contributed by atoms with Crippen LogP contribution >= 0.6 is 50.6 Å². The van der Waals surface area contributed by atoms with Crippen molar-refractivity contribution in [1.82, 2.24) is 0 Å². The Labute approximate surface area is 105 Å². The molecule has 1 aromatic carbocycles. The van der Waals surface area contributed by atoms with E-state index >= 15 is 0 Å². The largest absolute Gasteiger partial charge is 0.138 e. The van der Waals surface area contributed by atoms with Crippen molar-refractivity contribution in [3.8, 4) is 0 Å². The molecule has 0 amide bonds. The molecule has 0 fully saturated rings. The lowest BCUT2D eigenvalue weighted by Crippen LogP contribution is -1.71. The third kappa shape index (κ3) is 1.96. The molecule has 0 atom stereocenters. The zero-order chi connectivity index (χ0) is 10.1. The Balaban J connectivity index is 2.67. The van der Waals surface area contributed by atoms with E-state index in [4.69, 9.17) is 11.6 Å². The monoisotopic (exact) mass is 306 g/mol. The first-order valence-electron chi connectivity index (χ1n) is 4.06. The van der Waals surface area contributed by atoms with Crippen molar-refractivity contribution < 1.29 is 0 Å². The van der Waals surface area contributed by atoms with Crippen LogP contribution < -0.4 is 0 Å². The first-order chi connectivity index (χ1) is 6.74. The van der Waals surface area contributed by atoms with Crippen molar-refractivity contribution >= 4 is 60.7 Å². The lowest BCUT2D eigenvalue weighted by atomic mass is 10.2. The highest BCUT2D eigenvalue weighted by molar-refractivity contribution is 9.10. The second-order valence-electron chi connectivity index (χ2n) is 2.87. The highest BCUT2D eigenvalue weighted by Crippen LogP contribution is 2.35. The van der Waals surface area contributed by atoms with Crippen molar-refractivity contribution in [3.05, 3.63) is 27.5 Å². The molecule has 0 aliphatic rings. The molecule has 14 heavy (non-hydrogen) atoms. The number of hydrogen-bond donors (Lipinski definition) is 0. The molecule has 0 aliphatic heterocycles. The number of fused-ring (bicyclic) bond motifs is 1. The van der Waals surface area contributed by atoms with Gasteiger partial charge in [0, 0.05) is 18.9 Å². The van der Waals surface area contributed by atoms with E-state index in [0.717, 1.165) is 0 Å². The van der Waals surface area contributed by atoms with Crippen LogP contribution in [-0.2, 0) is 5.88 Å². The molecule has 0 N–H and O–H groups in total. The van der Waals surface area contributed by atoms with Crippen LogP contribution in [0.25, 0.3) is 10.1 Å². The van der Waals surface area contributed by atoms with Gasteiger partial charge in [-0.2, -0.15) is 0 Å². The molecule has 0 spiro atoms. The van der Waals surface area contributed by atoms with Gasteiger partial charge in [-0.3, -0.25) is 0 Å². The van der Waals surface area contributed by atoms with Gasteiger partial charge in [0.15, 0.2) is 0 Å². The molecule has 0 unspecified atom stereocenters. The quantitative estimate of drug-likeness (QED) is 0.548. The van der Waals surface area contributed by atoms with Crippen LogP contribution in [0.15, 0.2) is 27.6 Å². The summed E-state index contributed by atoms with van der Waals surface area (Å²) >= 11 is 12.9. The van der Waals surface area contributed by atoms with E-state index in [1.54, 1.807) is 23.1 Å². The minimum Gasteiger partial charge on any atom is -0.138 e. The summed E-state index contributed by atoms with van der Waals surface area (Å²) < 4.78 is 2.46. The summed E-state index contributed by atoms with van der Waals surface area (Å²) in [6, 6.07) is 6.52. The molecule has 0 saturated carbocycles. The molecule has 2 rings (SSSR count). The average Bonchev–Trinajstić information content (AvgIpc) is 2.61. The van der Waals surface area contributed by atoms with Crippen LogP contribution in [0.2, 0.25) is 0 Å². The highest BCUT2D eigenvalue weighted by Gasteiger charge is 2.06. The Bertz CT molecular complexity index is 464. The lowest BCUT2D eigenvalue weighted by molar-refractivity contribution is 1.49. The van der Waals surface area contributed by atoms with Gasteiger partial charge in [0.1, 0.15) is 0 Å². The van der Waals surface area contributed by atoms with E-state index in [0.29, 0.717) is 5.88 Å². The molecule has 4 heteroatoms. The Morgan fingerprint density at radius 1 is 1.43 bits per heavy atom. The number of halogens is 2. The Kier molecular flexibility index (Phi) is 3.42. The van der Waals surface area contributed by atoms with Crippen molar-refractivity contribution in [1.29, 1.82) is 0 Å². The molecule has 0 bridgehead atoms. The number of benzene rings is 1. The number of thioether (sulfide) groups is 1. The summed E-state index contributed by atoms with van der Waals surface area (Å²) in [5.41, 5.74) is 0. The van der Waals surface area contributed by atoms with E-state index < -0.39 is 0 Å². The van der Waals surface area contributed by atoms with Gasteiger partial charge in [-0.05, 0) is 45.8 Å². The Hall–Kier alpha value is 0.300. The van der Waals surface area contributed by atoms with Gasteiger partial charge >= 0.3 is 0 Å². The molecule has 1 aromatic heterocycles. The first-order valence-corrected chi connectivity index (χ1v) is 7.43. The minimum atomic E-state index is 0.598. The van der Waals surface area contributed by atoms with Gasteiger partial charge in [-0.25, -0.2) is 0 Å². The molecule has 74 valence electrons. The zero-order valence-corrected chi connectivity index (χ0v) is 11.5. The number of hydrogen-bond acceptors (Lipinski definition) is 2. The fraction of sp³-hybridized carbons (Fsp3) is 0.200. The summed E-state index contributed by atoms with van der Waals surface area (Å²) in [4.78, 5) is 2.50. The van der Waals surface area contributed by atoms with Gasteiger partial charge in [0.25, 0.3) is 0 Å². The topological polar surface area (TPSA) is 0 Å². The van der Waals surface area contributed by atoms with Gasteiger partial charge in [-0.15, -0.1) is 34.7 Å². The maximum atomic E-state index is 5.81. The lowest BCUT2D eigenvalue weighted by Gasteiger charge is -1.98. The fourth-order valence-electron chi connectivity index (χ4n) is 1.32. The Morgan fingerprint density at radius 2 is 2.21 bits per heavy atom. The standard InChI is InChI=1S/C10H8BrClS2/c1-13-7-2-6-3-8(5-12)14-10(6)9(11)4-7/h2-4H,5H2,1H3. The van der Waals surface area contributed by atoms with E-state index in [1.165, 1.54) is 24.3 Å². The van der Waals surface area contributed by atoms with Crippen LogP contribution in [0.5, 0.6) is 0 Å². The van der Waals surface area contributed by atoms with Crippen LogP contribution in [-0.4, -0.2) is 6.26 Å². The van der Waals surface area contributed by atoms with Gasteiger partial charge in [0.2, 0.25) is 0 Å².